The lowest BCUT2D eigenvalue weighted by atomic mass is 10.2. The Hall–Kier alpha value is -2.63. The first kappa shape index (κ1) is 16.2. The van der Waals surface area contributed by atoms with Gasteiger partial charge in [0.05, 0.1) is 12.2 Å². The molecule has 0 aliphatic heterocycles. The Balaban J connectivity index is 1.63. The lowest BCUT2D eigenvalue weighted by Crippen LogP contribution is -2.16. The van der Waals surface area contributed by atoms with Gasteiger partial charge in [-0.3, -0.25) is 0 Å². The van der Waals surface area contributed by atoms with E-state index in [-0.39, 0.29) is 5.97 Å². The number of carbonyl (C=O) groups excluding carboxylic acids is 1. The van der Waals surface area contributed by atoms with Crippen LogP contribution in [0.5, 0.6) is 0 Å². The fraction of sp³-hybridized carbons (Fsp3) is 0.389. The Morgan fingerprint density at radius 2 is 1.96 bits per heavy atom. The lowest BCUT2D eigenvalue weighted by molar-refractivity contribution is 0.0526. The van der Waals surface area contributed by atoms with Gasteiger partial charge in [0.2, 0.25) is 5.95 Å². The van der Waals surface area contributed by atoms with Gasteiger partial charge < -0.3 is 15.4 Å². The average molecular weight is 326 g/mol. The van der Waals surface area contributed by atoms with E-state index in [2.05, 4.69) is 20.6 Å². The lowest BCUT2D eigenvalue weighted by Gasteiger charge is -2.13. The van der Waals surface area contributed by atoms with E-state index in [1.165, 1.54) is 25.7 Å². The van der Waals surface area contributed by atoms with Crippen LogP contribution in [0.15, 0.2) is 36.5 Å². The summed E-state index contributed by atoms with van der Waals surface area (Å²) < 4.78 is 4.98. The van der Waals surface area contributed by atoms with Gasteiger partial charge in [0.1, 0.15) is 5.82 Å². The third-order valence-electron chi connectivity index (χ3n) is 4.01. The minimum absolute atomic E-state index is 0.311. The molecule has 3 rings (SSSR count). The summed E-state index contributed by atoms with van der Waals surface area (Å²) in [6.07, 6.45) is 6.62. The quantitative estimate of drug-likeness (QED) is 0.787. The highest BCUT2D eigenvalue weighted by atomic mass is 16.5. The fourth-order valence-corrected chi connectivity index (χ4v) is 2.80. The van der Waals surface area contributed by atoms with Crippen LogP contribution in [0.4, 0.5) is 17.5 Å². The number of carbonyl (C=O) groups is 1. The molecule has 0 atom stereocenters. The Morgan fingerprint density at radius 1 is 1.21 bits per heavy atom. The second-order valence-electron chi connectivity index (χ2n) is 5.81. The summed E-state index contributed by atoms with van der Waals surface area (Å²) in [5.74, 6) is 1.05. The zero-order valence-electron chi connectivity index (χ0n) is 13.8. The van der Waals surface area contributed by atoms with Crippen LogP contribution < -0.4 is 10.6 Å². The zero-order chi connectivity index (χ0) is 16.8. The molecule has 6 heteroatoms. The molecule has 1 aromatic carbocycles. The van der Waals surface area contributed by atoms with Crippen molar-refractivity contribution in [1.82, 2.24) is 9.97 Å². The van der Waals surface area contributed by atoms with Crippen LogP contribution in [0.3, 0.4) is 0 Å². The van der Waals surface area contributed by atoms with Crippen molar-refractivity contribution in [3.63, 3.8) is 0 Å². The molecule has 1 heterocycles. The molecule has 2 N–H and O–H groups in total. The van der Waals surface area contributed by atoms with Gasteiger partial charge in [0.25, 0.3) is 0 Å². The number of hydrogen-bond acceptors (Lipinski definition) is 6. The van der Waals surface area contributed by atoms with Crippen molar-refractivity contribution in [2.45, 2.75) is 38.6 Å². The molecule has 1 aliphatic carbocycles. The third kappa shape index (κ3) is 4.22. The standard InChI is InChI=1S/C18H22N4O2/c1-2-24-17(23)13-7-9-15(10-8-13)20-16-11-12-19-18(22-16)21-14-5-3-4-6-14/h7-12,14H,2-6H2,1H3,(H2,19,20,21,22). The number of benzene rings is 1. The van der Waals surface area contributed by atoms with E-state index in [1.807, 2.05) is 18.2 Å². The van der Waals surface area contributed by atoms with Crippen LogP contribution in [0, 0.1) is 0 Å². The van der Waals surface area contributed by atoms with Crippen molar-refractivity contribution < 1.29 is 9.53 Å². The second-order valence-corrected chi connectivity index (χ2v) is 5.81. The molecule has 1 saturated carbocycles. The molecule has 1 aliphatic rings. The normalized spacial score (nSPS) is 14.4. The summed E-state index contributed by atoms with van der Waals surface area (Å²) in [6.45, 7) is 2.16. The molecule has 0 bridgehead atoms. The summed E-state index contributed by atoms with van der Waals surface area (Å²) in [4.78, 5) is 20.4. The molecule has 24 heavy (non-hydrogen) atoms. The minimum Gasteiger partial charge on any atom is -0.462 e. The van der Waals surface area contributed by atoms with Crippen molar-refractivity contribution in [2.24, 2.45) is 0 Å². The Morgan fingerprint density at radius 3 is 2.67 bits per heavy atom. The molecule has 0 saturated heterocycles. The molecule has 0 radical (unpaired) electrons. The van der Waals surface area contributed by atoms with Gasteiger partial charge in [-0.15, -0.1) is 0 Å². The van der Waals surface area contributed by atoms with E-state index in [4.69, 9.17) is 4.74 Å². The molecular formula is C18H22N4O2. The maximum atomic E-state index is 11.7. The maximum Gasteiger partial charge on any atom is 0.338 e. The van der Waals surface area contributed by atoms with E-state index < -0.39 is 0 Å². The van der Waals surface area contributed by atoms with Crippen LogP contribution in [-0.2, 0) is 4.74 Å². The highest BCUT2D eigenvalue weighted by molar-refractivity contribution is 5.89. The van der Waals surface area contributed by atoms with Crippen LogP contribution >= 0.6 is 0 Å². The molecule has 126 valence electrons. The summed E-state index contributed by atoms with van der Waals surface area (Å²) in [5, 5.41) is 6.61. The summed E-state index contributed by atoms with van der Waals surface area (Å²) in [6, 6.07) is 9.43. The van der Waals surface area contributed by atoms with Crippen LogP contribution in [0.1, 0.15) is 43.0 Å². The van der Waals surface area contributed by atoms with Crippen LogP contribution in [0.25, 0.3) is 0 Å². The summed E-state index contributed by atoms with van der Waals surface area (Å²) in [5.41, 5.74) is 1.39. The monoisotopic (exact) mass is 326 g/mol. The van der Waals surface area contributed by atoms with Gasteiger partial charge >= 0.3 is 5.97 Å². The van der Waals surface area contributed by atoms with E-state index in [1.54, 1.807) is 25.3 Å². The fourth-order valence-electron chi connectivity index (χ4n) is 2.80. The summed E-state index contributed by atoms with van der Waals surface area (Å²) in [7, 11) is 0. The topological polar surface area (TPSA) is 76.1 Å². The van der Waals surface area contributed by atoms with E-state index in [9.17, 15) is 4.79 Å². The number of ether oxygens (including phenoxy) is 1. The van der Waals surface area contributed by atoms with Crippen molar-refractivity contribution in [1.29, 1.82) is 0 Å². The molecule has 0 spiro atoms. The first-order chi connectivity index (χ1) is 11.7. The highest BCUT2D eigenvalue weighted by Gasteiger charge is 2.15. The maximum absolute atomic E-state index is 11.7. The average Bonchev–Trinajstić information content (AvgIpc) is 3.09. The first-order valence-corrected chi connectivity index (χ1v) is 8.38. The van der Waals surface area contributed by atoms with E-state index >= 15 is 0 Å². The van der Waals surface area contributed by atoms with Crippen molar-refractivity contribution in [3.8, 4) is 0 Å². The number of rotatable bonds is 6. The van der Waals surface area contributed by atoms with E-state index in [0.29, 0.717) is 24.2 Å². The molecular weight excluding hydrogens is 304 g/mol. The number of nitrogens with one attached hydrogen (secondary N) is 2. The van der Waals surface area contributed by atoms with Gasteiger partial charge in [0.15, 0.2) is 0 Å². The SMILES string of the molecule is CCOC(=O)c1ccc(Nc2ccnc(NC3CCCC3)n2)cc1. The van der Waals surface area contributed by atoms with Gasteiger partial charge in [-0.2, -0.15) is 4.98 Å². The molecule has 1 aromatic heterocycles. The van der Waals surface area contributed by atoms with Crippen molar-refractivity contribution in [3.05, 3.63) is 42.1 Å². The van der Waals surface area contributed by atoms with Gasteiger partial charge in [-0.1, -0.05) is 12.8 Å². The largest absolute Gasteiger partial charge is 0.462 e. The Labute approximate surface area is 141 Å². The number of aromatic nitrogens is 2. The number of esters is 1. The number of nitrogens with zero attached hydrogens (tertiary/aromatic N) is 2. The van der Waals surface area contributed by atoms with Crippen molar-refractivity contribution in [2.75, 3.05) is 17.2 Å². The van der Waals surface area contributed by atoms with Crippen LogP contribution in [0.2, 0.25) is 0 Å². The highest BCUT2D eigenvalue weighted by Crippen LogP contribution is 2.22. The van der Waals surface area contributed by atoms with Gasteiger partial charge in [0, 0.05) is 17.9 Å². The smallest absolute Gasteiger partial charge is 0.338 e. The second kappa shape index (κ2) is 7.77. The molecule has 0 amide bonds. The van der Waals surface area contributed by atoms with Gasteiger partial charge in [-0.25, -0.2) is 9.78 Å². The minimum atomic E-state index is -0.311. The first-order valence-electron chi connectivity index (χ1n) is 8.38. The number of anilines is 3. The molecule has 2 aromatic rings. The predicted octanol–water partition coefficient (Wildman–Crippen LogP) is 3.75. The molecule has 6 nitrogen and oxygen atoms in total. The number of hydrogen-bond donors (Lipinski definition) is 2. The molecule has 1 fully saturated rings. The summed E-state index contributed by atoms with van der Waals surface area (Å²) >= 11 is 0. The predicted molar refractivity (Wildman–Crippen MR) is 93.6 cm³/mol. The van der Waals surface area contributed by atoms with E-state index in [0.717, 1.165) is 11.5 Å². The third-order valence-corrected chi connectivity index (χ3v) is 4.01. The van der Waals surface area contributed by atoms with Crippen molar-refractivity contribution >= 4 is 23.4 Å². The van der Waals surface area contributed by atoms with Crippen LogP contribution in [-0.4, -0.2) is 28.6 Å². The zero-order valence-corrected chi connectivity index (χ0v) is 13.8. The Bertz CT molecular complexity index is 682. The van der Waals surface area contributed by atoms with Gasteiger partial charge in [-0.05, 0) is 50.1 Å². The Kier molecular flexibility index (Phi) is 5.25. The molecule has 0 unspecified atom stereocenters.